The minimum Gasteiger partial charge on any atom is -0.353 e. The zero-order chi connectivity index (χ0) is 15.2. The topological polar surface area (TPSA) is 41.1 Å². The molecule has 2 aromatic rings. The van der Waals surface area contributed by atoms with Gasteiger partial charge in [-0.25, -0.2) is 9.97 Å². The number of thiazole rings is 1. The van der Waals surface area contributed by atoms with Crippen LogP contribution in [0.25, 0.3) is 0 Å². The van der Waals surface area contributed by atoms with Crippen molar-refractivity contribution in [1.82, 2.24) is 15.3 Å². The highest BCUT2D eigenvalue weighted by molar-refractivity contribution is 7.09. The average Bonchev–Trinajstić information content (AvgIpc) is 2.84. The van der Waals surface area contributed by atoms with E-state index < -0.39 is 0 Å². The van der Waals surface area contributed by atoms with Gasteiger partial charge in [0.05, 0.1) is 17.2 Å². The highest BCUT2D eigenvalue weighted by Crippen LogP contribution is 2.19. The molecule has 0 aliphatic rings. The van der Waals surface area contributed by atoms with E-state index in [-0.39, 0.29) is 0 Å². The smallest absolute Gasteiger partial charge is 0.133 e. The van der Waals surface area contributed by atoms with Gasteiger partial charge in [0.15, 0.2) is 0 Å². The number of hydrogen-bond donors (Lipinski definition) is 1. The van der Waals surface area contributed by atoms with E-state index in [4.69, 9.17) is 0 Å². The fraction of sp³-hybridized carbons (Fsp3) is 0.500. The summed E-state index contributed by atoms with van der Waals surface area (Å²) < 4.78 is 0. The molecule has 2 rings (SSSR count). The van der Waals surface area contributed by atoms with E-state index in [1.54, 1.807) is 11.3 Å². The summed E-state index contributed by atoms with van der Waals surface area (Å²) in [4.78, 5) is 11.2. The molecular formula is C16H24N4S. The van der Waals surface area contributed by atoms with Crippen LogP contribution in [0.4, 0.5) is 5.82 Å². The van der Waals surface area contributed by atoms with Gasteiger partial charge in [0.25, 0.3) is 0 Å². The first kappa shape index (κ1) is 15.9. The van der Waals surface area contributed by atoms with Gasteiger partial charge < -0.3 is 10.2 Å². The zero-order valence-corrected chi connectivity index (χ0v) is 14.1. The number of anilines is 1. The van der Waals surface area contributed by atoms with Crippen molar-refractivity contribution in [3.8, 4) is 0 Å². The summed E-state index contributed by atoms with van der Waals surface area (Å²) in [6.45, 7) is 9.13. The van der Waals surface area contributed by atoms with Gasteiger partial charge in [-0.1, -0.05) is 19.9 Å². The molecule has 5 heteroatoms. The van der Waals surface area contributed by atoms with Crippen LogP contribution in [-0.2, 0) is 13.1 Å². The molecule has 0 bridgehead atoms. The second-order valence-electron chi connectivity index (χ2n) is 5.72. The molecule has 0 atom stereocenters. The van der Waals surface area contributed by atoms with Gasteiger partial charge in [-0.2, -0.15) is 0 Å². The molecule has 0 saturated carbocycles. The van der Waals surface area contributed by atoms with Crippen molar-refractivity contribution in [3.05, 3.63) is 40.0 Å². The van der Waals surface area contributed by atoms with Gasteiger partial charge in [0.2, 0.25) is 0 Å². The van der Waals surface area contributed by atoms with Gasteiger partial charge in [-0.05, 0) is 25.5 Å². The molecule has 114 valence electrons. The van der Waals surface area contributed by atoms with Crippen molar-refractivity contribution in [1.29, 1.82) is 0 Å². The van der Waals surface area contributed by atoms with Crippen molar-refractivity contribution < 1.29 is 0 Å². The third kappa shape index (κ3) is 4.79. The SMILES string of the molecule is Cc1nc(CN(C)c2ncccc2CNCC(C)C)cs1. The molecule has 0 fully saturated rings. The summed E-state index contributed by atoms with van der Waals surface area (Å²) >= 11 is 1.69. The maximum atomic E-state index is 4.54. The Balaban J connectivity index is 2.04. The summed E-state index contributed by atoms with van der Waals surface area (Å²) in [5.41, 5.74) is 2.33. The third-order valence-corrected chi connectivity index (χ3v) is 3.99. The molecule has 4 nitrogen and oxygen atoms in total. The Kier molecular flexibility index (Phi) is 5.70. The fourth-order valence-corrected chi connectivity index (χ4v) is 2.81. The Labute approximate surface area is 131 Å². The van der Waals surface area contributed by atoms with E-state index in [2.05, 4.69) is 52.5 Å². The van der Waals surface area contributed by atoms with Crippen LogP contribution in [0.1, 0.15) is 30.1 Å². The number of nitrogens with zero attached hydrogens (tertiary/aromatic N) is 3. The molecule has 0 aliphatic carbocycles. The zero-order valence-electron chi connectivity index (χ0n) is 13.3. The Morgan fingerprint density at radius 3 is 2.86 bits per heavy atom. The number of aromatic nitrogens is 2. The number of rotatable bonds is 7. The summed E-state index contributed by atoms with van der Waals surface area (Å²) in [5.74, 6) is 1.68. The lowest BCUT2D eigenvalue weighted by molar-refractivity contribution is 0.551. The molecule has 21 heavy (non-hydrogen) atoms. The molecule has 0 spiro atoms. The summed E-state index contributed by atoms with van der Waals surface area (Å²) in [5, 5.41) is 6.71. The first-order chi connectivity index (χ1) is 10.1. The molecule has 2 heterocycles. The number of nitrogens with one attached hydrogen (secondary N) is 1. The highest BCUT2D eigenvalue weighted by atomic mass is 32.1. The van der Waals surface area contributed by atoms with Crippen molar-refractivity contribution in [3.63, 3.8) is 0 Å². The largest absolute Gasteiger partial charge is 0.353 e. The normalized spacial score (nSPS) is 11.1. The monoisotopic (exact) mass is 304 g/mol. The molecule has 0 aromatic carbocycles. The molecule has 0 aliphatic heterocycles. The Morgan fingerprint density at radius 2 is 2.19 bits per heavy atom. The van der Waals surface area contributed by atoms with E-state index in [0.717, 1.165) is 36.2 Å². The molecule has 1 N–H and O–H groups in total. The van der Waals surface area contributed by atoms with Gasteiger partial charge in [0, 0.05) is 30.7 Å². The highest BCUT2D eigenvalue weighted by Gasteiger charge is 2.10. The first-order valence-corrected chi connectivity index (χ1v) is 8.21. The Hall–Kier alpha value is -1.46. The predicted molar refractivity (Wildman–Crippen MR) is 89.7 cm³/mol. The van der Waals surface area contributed by atoms with E-state index in [9.17, 15) is 0 Å². The summed E-state index contributed by atoms with van der Waals surface area (Å²) in [6.07, 6.45) is 1.85. The maximum absolute atomic E-state index is 4.54. The van der Waals surface area contributed by atoms with Crippen LogP contribution in [0, 0.1) is 12.8 Å². The van der Waals surface area contributed by atoms with Gasteiger partial charge in [-0.3, -0.25) is 0 Å². The minimum atomic E-state index is 0.654. The number of hydrogen-bond acceptors (Lipinski definition) is 5. The van der Waals surface area contributed by atoms with Crippen LogP contribution >= 0.6 is 11.3 Å². The lowest BCUT2D eigenvalue weighted by atomic mass is 10.2. The summed E-state index contributed by atoms with van der Waals surface area (Å²) in [7, 11) is 2.07. The second-order valence-corrected chi connectivity index (χ2v) is 6.79. The molecular weight excluding hydrogens is 280 g/mol. The van der Waals surface area contributed by atoms with Crippen LogP contribution in [-0.4, -0.2) is 23.6 Å². The predicted octanol–water partition coefficient (Wildman–Crippen LogP) is 3.23. The Morgan fingerprint density at radius 1 is 1.38 bits per heavy atom. The summed E-state index contributed by atoms with van der Waals surface area (Å²) in [6, 6.07) is 4.13. The second kappa shape index (κ2) is 7.52. The fourth-order valence-electron chi connectivity index (χ4n) is 2.21. The molecule has 0 amide bonds. The van der Waals surface area contributed by atoms with Crippen molar-refractivity contribution in [2.75, 3.05) is 18.5 Å². The Bertz CT molecular complexity index is 565. The van der Waals surface area contributed by atoms with Crippen LogP contribution in [0.15, 0.2) is 23.7 Å². The standard InChI is InChI=1S/C16H24N4S/c1-12(2)8-17-9-14-6-5-7-18-16(14)20(4)10-15-11-21-13(3)19-15/h5-7,11-12,17H,8-10H2,1-4H3. The lowest BCUT2D eigenvalue weighted by Crippen LogP contribution is -2.23. The molecule has 0 radical (unpaired) electrons. The average molecular weight is 304 g/mol. The quantitative estimate of drug-likeness (QED) is 0.852. The molecule has 0 unspecified atom stereocenters. The minimum absolute atomic E-state index is 0.654. The van der Waals surface area contributed by atoms with Crippen molar-refractivity contribution >= 4 is 17.2 Å². The lowest BCUT2D eigenvalue weighted by Gasteiger charge is -2.20. The van der Waals surface area contributed by atoms with Crippen molar-refractivity contribution in [2.24, 2.45) is 5.92 Å². The third-order valence-electron chi connectivity index (χ3n) is 3.16. The molecule has 2 aromatic heterocycles. The van der Waals surface area contributed by atoms with Crippen LogP contribution in [0.2, 0.25) is 0 Å². The van der Waals surface area contributed by atoms with E-state index >= 15 is 0 Å². The maximum Gasteiger partial charge on any atom is 0.133 e. The van der Waals surface area contributed by atoms with Crippen molar-refractivity contribution in [2.45, 2.75) is 33.9 Å². The van der Waals surface area contributed by atoms with Gasteiger partial charge in [0.1, 0.15) is 5.82 Å². The van der Waals surface area contributed by atoms with E-state index in [1.165, 1.54) is 5.56 Å². The van der Waals surface area contributed by atoms with Crippen LogP contribution < -0.4 is 10.2 Å². The van der Waals surface area contributed by atoms with Gasteiger partial charge >= 0.3 is 0 Å². The number of pyridine rings is 1. The molecule has 0 saturated heterocycles. The van der Waals surface area contributed by atoms with Gasteiger partial charge in [-0.15, -0.1) is 11.3 Å². The van der Waals surface area contributed by atoms with Crippen LogP contribution in [0.3, 0.4) is 0 Å². The van der Waals surface area contributed by atoms with E-state index in [0.29, 0.717) is 5.92 Å². The van der Waals surface area contributed by atoms with E-state index in [1.807, 2.05) is 19.2 Å². The number of aryl methyl sites for hydroxylation is 1. The first-order valence-electron chi connectivity index (χ1n) is 7.33. The van der Waals surface area contributed by atoms with Crippen LogP contribution in [0.5, 0.6) is 0 Å².